The number of alkyl halides is 3. The van der Waals surface area contributed by atoms with E-state index in [9.17, 15) is 18.0 Å². The molecule has 0 amide bonds. The Hall–Kier alpha value is -1.34. The van der Waals surface area contributed by atoms with Crippen LogP contribution >= 0.6 is 23.1 Å². The average Bonchev–Trinajstić information content (AvgIpc) is 3.04. The van der Waals surface area contributed by atoms with E-state index in [-0.39, 0.29) is 16.6 Å². The molecule has 0 bridgehead atoms. The van der Waals surface area contributed by atoms with Gasteiger partial charge in [-0.1, -0.05) is 18.2 Å². The summed E-state index contributed by atoms with van der Waals surface area (Å²) in [6, 6.07) is 7.48. The fraction of sp³-hybridized carbons (Fsp3) is 0.231. The van der Waals surface area contributed by atoms with Crippen molar-refractivity contribution in [1.29, 1.82) is 0 Å². The van der Waals surface area contributed by atoms with Crippen molar-refractivity contribution in [3.05, 3.63) is 45.9 Å². The van der Waals surface area contributed by atoms with Gasteiger partial charge in [-0.05, 0) is 11.6 Å². The molecule has 3 rings (SSSR count). The van der Waals surface area contributed by atoms with Gasteiger partial charge in [-0.25, -0.2) is 4.98 Å². The number of aromatic nitrogens is 1. The first-order valence-corrected chi connectivity index (χ1v) is 7.56. The summed E-state index contributed by atoms with van der Waals surface area (Å²) >= 11 is 1.97. The number of hydrogen-bond acceptors (Lipinski definition) is 4. The van der Waals surface area contributed by atoms with Crippen molar-refractivity contribution in [2.45, 2.75) is 17.0 Å². The lowest BCUT2D eigenvalue weighted by Gasteiger charge is -2.07. The number of fused-ring (bicyclic) bond motifs is 1. The minimum Gasteiger partial charge on any atom is -0.292 e. The van der Waals surface area contributed by atoms with Gasteiger partial charge in [0.25, 0.3) is 0 Å². The minimum absolute atomic E-state index is 0.0691. The second-order valence-corrected chi connectivity index (χ2v) is 6.39. The zero-order chi connectivity index (χ0) is 14.3. The van der Waals surface area contributed by atoms with Crippen LogP contribution in [0.3, 0.4) is 0 Å². The number of Topliss-reactive ketones (excluding diaryl/α,β-unsaturated/α-hetero) is 1. The van der Waals surface area contributed by atoms with E-state index < -0.39 is 11.2 Å². The Bertz CT molecular complexity index is 666. The Morgan fingerprint density at radius 3 is 2.75 bits per heavy atom. The predicted octanol–water partition coefficient (Wildman–Crippen LogP) is 4.23. The van der Waals surface area contributed by atoms with Crippen LogP contribution in [0.5, 0.6) is 0 Å². The van der Waals surface area contributed by atoms with Gasteiger partial charge >= 0.3 is 6.18 Å². The number of halogens is 3. The lowest BCUT2D eigenvalue weighted by molar-refractivity contribution is -0.137. The molecule has 0 fully saturated rings. The van der Waals surface area contributed by atoms with Crippen LogP contribution in [0.1, 0.15) is 26.2 Å². The molecule has 0 radical (unpaired) electrons. The van der Waals surface area contributed by atoms with Crippen molar-refractivity contribution in [3.63, 3.8) is 0 Å². The van der Waals surface area contributed by atoms with Crippen LogP contribution in [0.15, 0.2) is 35.4 Å². The van der Waals surface area contributed by atoms with Crippen molar-refractivity contribution < 1.29 is 18.0 Å². The van der Waals surface area contributed by atoms with Crippen LogP contribution in [-0.2, 0) is 6.18 Å². The zero-order valence-electron chi connectivity index (χ0n) is 9.98. The highest BCUT2D eigenvalue weighted by Crippen LogP contribution is 2.42. The molecule has 1 aliphatic heterocycles. The normalized spacial score (nSPS) is 18.1. The molecular formula is C13H8F3NOS2. The molecule has 1 aromatic carbocycles. The number of ketones is 1. The van der Waals surface area contributed by atoms with Gasteiger partial charge in [-0.15, -0.1) is 23.1 Å². The summed E-state index contributed by atoms with van der Waals surface area (Å²) in [7, 11) is 0. The number of thiazole rings is 1. The maximum atomic E-state index is 12.5. The third-order valence-corrected chi connectivity index (χ3v) is 5.25. The number of nitrogens with zero attached hydrogens (tertiary/aromatic N) is 1. The molecule has 0 aliphatic carbocycles. The summed E-state index contributed by atoms with van der Waals surface area (Å²) in [5.41, 5.74) is 0.893. The Balaban J connectivity index is 1.89. The summed E-state index contributed by atoms with van der Waals surface area (Å²) in [6.07, 6.45) is -3.47. The highest BCUT2D eigenvalue weighted by molar-refractivity contribution is 7.99. The lowest BCUT2D eigenvalue weighted by atomic mass is 9.96. The number of thioether (sulfide) groups is 1. The SMILES string of the molecule is O=C(c1cnc(C(F)(F)F)s1)C1CSc2ccccc21. The third kappa shape index (κ3) is 2.35. The van der Waals surface area contributed by atoms with Gasteiger partial charge in [0.2, 0.25) is 0 Å². The van der Waals surface area contributed by atoms with Gasteiger partial charge in [0.15, 0.2) is 10.8 Å². The van der Waals surface area contributed by atoms with Gasteiger partial charge in [-0.2, -0.15) is 13.2 Å². The standard InChI is InChI=1S/C13H8F3NOS2/c14-13(15,16)12-17-5-10(20-12)11(18)8-6-19-9-4-2-1-3-7(8)9/h1-5,8H,6H2. The molecule has 0 saturated carbocycles. The Morgan fingerprint density at radius 1 is 1.30 bits per heavy atom. The molecule has 1 aromatic heterocycles. The largest absolute Gasteiger partial charge is 0.443 e. The van der Waals surface area contributed by atoms with E-state index >= 15 is 0 Å². The van der Waals surface area contributed by atoms with E-state index in [0.29, 0.717) is 17.1 Å². The highest BCUT2D eigenvalue weighted by Gasteiger charge is 2.37. The molecule has 2 nitrogen and oxygen atoms in total. The number of hydrogen-bond donors (Lipinski definition) is 0. The van der Waals surface area contributed by atoms with E-state index in [1.807, 2.05) is 24.3 Å². The molecule has 1 aliphatic rings. The molecule has 20 heavy (non-hydrogen) atoms. The Morgan fingerprint density at radius 2 is 2.05 bits per heavy atom. The zero-order valence-corrected chi connectivity index (χ0v) is 11.6. The van der Waals surface area contributed by atoms with Crippen LogP contribution in [0, 0.1) is 0 Å². The van der Waals surface area contributed by atoms with Crippen LogP contribution in [-0.4, -0.2) is 16.5 Å². The van der Waals surface area contributed by atoms with Gasteiger partial charge in [0, 0.05) is 16.8 Å². The summed E-state index contributed by atoms with van der Waals surface area (Å²) < 4.78 is 37.5. The van der Waals surface area contributed by atoms with Crippen LogP contribution in [0.4, 0.5) is 13.2 Å². The molecular weight excluding hydrogens is 307 g/mol. The number of carbonyl (C=O) groups is 1. The van der Waals surface area contributed by atoms with Crippen molar-refractivity contribution in [2.24, 2.45) is 0 Å². The molecule has 1 atom stereocenters. The number of benzene rings is 1. The van der Waals surface area contributed by atoms with E-state index in [1.165, 1.54) is 0 Å². The first kappa shape index (κ1) is 13.6. The van der Waals surface area contributed by atoms with E-state index in [4.69, 9.17) is 0 Å². The molecule has 0 N–H and O–H groups in total. The maximum Gasteiger partial charge on any atom is 0.443 e. The van der Waals surface area contributed by atoms with E-state index in [1.54, 1.807) is 11.8 Å². The third-order valence-electron chi connectivity index (χ3n) is 3.01. The number of rotatable bonds is 2. The molecule has 104 valence electrons. The highest BCUT2D eigenvalue weighted by atomic mass is 32.2. The molecule has 0 spiro atoms. The van der Waals surface area contributed by atoms with Crippen molar-refractivity contribution in [1.82, 2.24) is 4.98 Å². The summed E-state index contributed by atoms with van der Waals surface area (Å²) in [6.45, 7) is 0. The topological polar surface area (TPSA) is 30.0 Å². The second kappa shape index (κ2) is 4.89. The van der Waals surface area contributed by atoms with Crippen molar-refractivity contribution >= 4 is 28.9 Å². The monoisotopic (exact) mass is 315 g/mol. The van der Waals surface area contributed by atoms with E-state index in [2.05, 4.69) is 4.98 Å². The van der Waals surface area contributed by atoms with Gasteiger partial charge in [0.05, 0.1) is 10.8 Å². The average molecular weight is 315 g/mol. The summed E-state index contributed by atoms with van der Waals surface area (Å²) in [5, 5.41) is -0.972. The van der Waals surface area contributed by atoms with Crippen LogP contribution < -0.4 is 0 Å². The fourth-order valence-corrected chi connectivity index (χ4v) is 4.08. The first-order valence-electron chi connectivity index (χ1n) is 5.76. The van der Waals surface area contributed by atoms with Crippen molar-refractivity contribution in [2.75, 3.05) is 5.75 Å². The molecule has 7 heteroatoms. The smallest absolute Gasteiger partial charge is 0.292 e. The fourth-order valence-electron chi connectivity index (χ4n) is 2.07. The van der Waals surface area contributed by atoms with Crippen molar-refractivity contribution in [3.8, 4) is 0 Å². The van der Waals surface area contributed by atoms with Gasteiger partial charge in [-0.3, -0.25) is 4.79 Å². The molecule has 0 saturated heterocycles. The molecule has 2 aromatic rings. The molecule has 2 heterocycles. The second-order valence-electron chi connectivity index (χ2n) is 4.29. The lowest BCUT2D eigenvalue weighted by Crippen LogP contribution is -2.11. The van der Waals surface area contributed by atoms with Crippen LogP contribution in [0.25, 0.3) is 0 Å². The predicted molar refractivity (Wildman–Crippen MR) is 71.4 cm³/mol. The summed E-state index contributed by atoms with van der Waals surface area (Å²) in [4.78, 5) is 16.7. The van der Waals surface area contributed by atoms with Crippen LogP contribution in [0.2, 0.25) is 0 Å². The van der Waals surface area contributed by atoms with Gasteiger partial charge in [0.1, 0.15) is 0 Å². The van der Waals surface area contributed by atoms with Gasteiger partial charge < -0.3 is 0 Å². The Labute approximate surface area is 121 Å². The minimum atomic E-state index is -4.49. The maximum absolute atomic E-state index is 12.5. The van der Waals surface area contributed by atoms with E-state index in [0.717, 1.165) is 16.7 Å². The number of carbonyl (C=O) groups excluding carboxylic acids is 1. The summed E-state index contributed by atoms with van der Waals surface area (Å²) in [5.74, 6) is -0.0922. The molecule has 1 unspecified atom stereocenters. The Kier molecular flexibility index (Phi) is 3.33. The quantitative estimate of drug-likeness (QED) is 0.777. The first-order chi connectivity index (χ1) is 9.47.